The maximum atomic E-state index is 12.1. The zero-order chi connectivity index (χ0) is 15.9. The first-order valence-electron chi connectivity index (χ1n) is 6.41. The van der Waals surface area contributed by atoms with Crippen LogP contribution in [-0.2, 0) is 6.54 Å². The third kappa shape index (κ3) is 3.81. The third-order valence-electron chi connectivity index (χ3n) is 2.74. The number of carbonyl (C=O) groups excluding carboxylic acids is 1. The highest BCUT2D eigenvalue weighted by Crippen LogP contribution is 2.13. The van der Waals surface area contributed by atoms with E-state index in [4.69, 9.17) is 14.2 Å². The highest BCUT2D eigenvalue weighted by molar-refractivity contribution is 5.94. The molecule has 0 bridgehead atoms. The lowest BCUT2D eigenvalue weighted by Gasteiger charge is -2.07. The van der Waals surface area contributed by atoms with Crippen molar-refractivity contribution in [2.45, 2.75) is 6.54 Å². The smallest absolute Gasteiger partial charge is 0.322 e. The maximum Gasteiger partial charge on any atom is 0.322 e. The number of nitrogens with zero attached hydrogens (tertiary/aromatic N) is 3. The molecule has 1 aromatic heterocycles. The minimum absolute atomic E-state index is 0.116. The Morgan fingerprint density at radius 3 is 2.32 bits per heavy atom. The SMILES string of the molecule is COc1cccc(C(=O)NCc2nc(OC)nc(OC)n2)c1. The molecule has 116 valence electrons. The van der Waals surface area contributed by atoms with Crippen LogP contribution in [0.4, 0.5) is 0 Å². The predicted molar refractivity (Wildman–Crippen MR) is 77.1 cm³/mol. The second-order valence-electron chi connectivity index (χ2n) is 4.14. The number of amides is 1. The first-order valence-corrected chi connectivity index (χ1v) is 6.41. The summed E-state index contributed by atoms with van der Waals surface area (Å²) in [6.07, 6.45) is 0. The second-order valence-corrected chi connectivity index (χ2v) is 4.14. The zero-order valence-corrected chi connectivity index (χ0v) is 12.5. The van der Waals surface area contributed by atoms with Crippen molar-refractivity contribution in [1.29, 1.82) is 0 Å². The summed E-state index contributed by atoms with van der Waals surface area (Å²) in [6, 6.07) is 7.08. The lowest BCUT2D eigenvalue weighted by atomic mass is 10.2. The average molecular weight is 304 g/mol. The molecule has 22 heavy (non-hydrogen) atoms. The molecule has 8 heteroatoms. The highest BCUT2D eigenvalue weighted by Gasteiger charge is 2.10. The van der Waals surface area contributed by atoms with Crippen molar-refractivity contribution in [3.05, 3.63) is 35.7 Å². The molecule has 0 atom stereocenters. The summed E-state index contributed by atoms with van der Waals surface area (Å²) < 4.78 is 15.0. The van der Waals surface area contributed by atoms with Crippen molar-refractivity contribution in [3.63, 3.8) is 0 Å². The van der Waals surface area contributed by atoms with Crippen LogP contribution >= 0.6 is 0 Å². The van der Waals surface area contributed by atoms with Crippen molar-refractivity contribution in [3.8, 4) is 17.8 Å². The summed E-state index contributed by atoms with van der Waals surface area (Å²) in [6.45, 7) is 0.116. The standard InChI is InChI=1S/C14H16N4O4/c1-20-10-6-4-5-9(7-10)12(19)15-8-11-16-13(21-2)18-14(17-11)22-3/h4-7H,8H2,1-3H3,(H,15,19). The number of hydrogen-bond acceptors (Lipinski definition) is 7. The zero-order valence-electron chi connectivity index (χ0n) is 12.5. The topological polar surface area (TPSA) is 95.5 Å². The monoisotopic (exact) mass is 304 g/mol. The largest absolute Gasteiger partial charge is 0.497 e. The Balaban J connectivity index is 2.07. The van der Waals surface area contributed by atoms with Gasteiger partial charge in [-0.1, -0.05) is 6.07 Å². The fourth-order valence-corrected chi connectivity index (χ4v) is 1.66. The average Bonchev–Trinajstić information content (AvgIpc) is 2.59. The number of methoxy groups -OCH3 is 3. The third-order valence-corrected chi connectivity index (χ3v) is 2.74. The summed E-state index contributed by atoms with van der Waals surface area (Å²) in [4.78, 5) is 24.0. The summed E-state index contributed by atoms with van der Waals surface area (Å²) in [7, 11) is 4.42. The molecule has 0 saturated carbocycles. The molecular weight excluding hydrogens is 288 g/mol. The Kier molecular flexibility index (Phi) is 5.07. The van der Waals surface area contributed by atoms with Crippen molar-refractivity contribution in [2.75, 3.05) is 21.3 Å². The Hall–Kier alpha value is -2.90. The number of nitrogens with one attached hydrogen (secondary N) is 1. The number of ether oxygens (including phenoxy) is 3. The minimum Gasteiger partial charge on any atom is -0.497 e. The number of hydrogen-bond donors (Lipinski definition) is 1. The van der Waals surface area contributed by atoms with E-state index >= 15 is 0 Å². The maximum absolute atomic E-state index is 12.1. The fraction of sp³-hybridized carbons (Fsp3) is 0.286. The molecule has 2 aromatic rings. The Morgan fingerprint density at radius 2 is 1.73 bits per heavy atom. The number of rotatable bonds is 6. The Morgan fingerprint density at radius 1 is 1.05 bits per heavy atom. The molecule has 0 saturated heterocycles. The van der Waals surface area contributed by atoms with Crippen LogP contribution < -0.4 is 19.5 Å². The van der Waals surface area contributed by atoms with Crippen LogP contribution in [0.25, 0.3) is 0 Å². The van der Waals surface area contributed by atoms with Crippen LogP contribution in [0.3, 0.4) is 0 Å². The molecule has 0 aliphatic heterocycles. The predicted octanol–water partition coefficient (Wildman–Crippen LogP) is 0.827. The van der Waals surface area contributed by atoms with Gasteiger partial charge in [-0.15, -0.1) is 4.98 Å². The fourth-order valence-electron chi connectivity index (χ4n) is 1.66. The van der Waals surface area contributed by atoms with Crippen molar-refractivity contribution >= 4 is 5.91 Å². The van der Waals surface area contributed by atoms with Gasteiger partial charge in [0.15, 0.2) is 5.82 Å². The molecular formula is C14H16N4O4. The molecule has 0 spiro atoms. The molecule has 0 aliphatic rings. The van der Waals surface area contributed by atoms with Gasteiger partial charge in [0.25, 0.3) is 5.91 Å². The van der Waals surface area contributed by atoms with E-state index in [0.717, 1.165) is 0 Å². The van der Waals surface area contributed by atoms with Gasteiger partial charge in [-0.3, -0.25) is 4.79 Å². The molecule has 0 aliphatic carbocycles. The summed E-state index contributed by atoms with van der Waals surface area (Å²) in [5.74, 6) is 0.674. The van der Waals surface area contributed by atoms with Gasteiger partial charge in [0, 0.05) is 5.56 Å². The molecule has 0 unspecified atom stereocenters. The van der Waals surface area contributed by atoms with Gasteiger partial charge in [-0.2, -0.15) is 9.97 Å². The summed E-state index contributed by atoms with van der Waals surface area (Å²) in [5, 5.41) is 2.71. The van der Waals surface area contributed by atoms with E-state index in [1.807, 2.05) is 0 Å². The first-order chi connectivity index (χ1) is 10.7. The van der Waals surface area contributed by atoms with Gasteiger partial charge in [0.05, 0.1) is 27.9 Å². The molecule has 1 amide bonds. The van der Waals surface area contributed by atoms with Crippen LogP contribution in [0.5, 0.6) is 17.8 Å². The van der Waals surface area contributed by atoms with Crippen LogP contribution in [0.15, 0.2) is 24.3 Å². The van der Waals surface area contributed by atoms with E-state index in [1.165, 1.54) is 14.2 Å². The van der Waals surface area contributed by atoms with E-state index in [0.29, 0.717) is 17.1 Å². The van der Waals surface area contributed by atoms with Crippen molar-refractivity contribution in [1.82, 2.24) is 20.3 Å². The molecule has 1 heterocycles. The molecule has 2 rings (SSSR count). The van der Waals surface area contributed by atoms with Gasteiger partial charge in [-0.25, -0.2) is 0 Å². The molecule has 1 N–H and O–H groups in total. The Bertz CT molecular complexity index is 641. The van der Waals surface area contributed by atoms with Crippen LogP contribution in [0, 0.1) is 0 Å². The summed E-state index contributed by atoms with van der Waals surface area (Å²) >= 11 is 0. The molecule has 1 aromatic carbocycles. The highest BCUT2D eigenvalue weighted by atomic mass is 16.5. The van der Waals surface area contributed by atoms with Crippen molar-refractivity contribution in [2.24, 2.45) is 0 Å². The lowest BCUT2D eigenvalue weighted by molar-refractivity contribution is 0.0949. The van der Waals surface area contributed by atoms with E-state index in [-0.39, 0.29) is 24.5 Å². The van der Waals surface area contributed by atoms with Gasteiger partial charge in [0.1, 0.15) is 5.75 Å². The van der Waals surface area contributed by atoms with Gasteiger partial charge in [-0.05, 0) is 18.2 Å². The number of benzene rings is 1. The second kappa shape index (κ2) is 7.21. The van der Waals surface area contributed by atoms with Gasteiger partial charge >= 0.3 is 12.0 Å². The van der Waals surface area contributed by atoms with Crippen LogP contribution in [-0.4, -0.2) is 42.2 Å². The van der Waals surface area contributed by atoms with Crippen LogP contribution in [0.1, 0.15) is 16.2 Å². The first kappa shape index (κ1) is 15.5. The lowest BCUT2D eigenvalue weighted by Crippen LogP contribution is -2.24. The summed E-state index contributed by atoms with van der Waals surface area (Å²) in [5.41, 5.74) is 0.479. The quantitative estimate of drug-likeness (QED) is 0.844. The minimum atomic E-state index is -0.266. The van der Waals surface area contributed by atoms with E-state index in [2.05, 4.69) is 20.3 Å². The number of carbonyl (C=O) groups is 1. The van der Waals surface area contributed by atoms with E-state index < -0.39 is 0 Å². The molecule has 0 fully saturated rings. The van der Waals surface area contributed by atoms with Crippen molar-refractivity contribution < 1.29 is 19.0 Å². The normalized spacial score (nSPS) is 9.95. The van der Waals surface area contributed by atoms with E-state index in [1.54, 1.807) is 31.4 Å². The van der Waals surface area contributed by atoms with Gasteiger partial charge < -0.3 is 19.5 Å². The van der Waals surface area contributed by atoms with E-state index in [9.17, 15) is 4.79 Å². The molecule has 8 nitrogen and oxygen atoms in total. The van der Waals surface area contributed by atoms with Gasteiger partial charge in [0.2, 0.25) is 0 Å². The van der Waals surface area contributed by atoms with Crippen LogP contribution in [0.2, 0.25) is 0 Å². The number of aromatic nitrogens is 3. The Labute approximate surface area is 127 Å². The molecule has 0 radical (unpaired) electrons.